The normalized spacial score (nSPS) is 47.6. The van der Waals surface area contributed by atoms with Crippen LogP contribution in [0.2, 0.25) is 0 Å². The summed E-state index contributed by atoms with van der Waals surface area (Å²) in [6.45, 7) is 5.83. The molecule has 3 saturated carbocycles. The van der Waals surface area contributed by atoms with E-state index in [4.69, 9.17) is 0 Å². The molecule has 0 saturated heterocycles. The minimum atomic E-state index is -0.844. The highest BCUT2D eigenvalue weighted by atomic mass is 16.4. The summed E-state index contributed by atoms with van der Waals surface area (Å²) in [5.41, 5.74) is 0.144. The lowest BCUT2D eigenvalue weighted by atomic mass is 9.45. The van der Waals surface area contributed by atoms with Crippen LogP contribution in [0.25, 0.3) is 0 Å². The summed E-state index contributed by atoms with van der Waals surface area (Å²) in [5.74, 6) is -1.20. The minimum Gasteiger partial charge on any atom is -0.481 e. The summed E-state index contributed by atoms with van der Waals surface area (Å²) < 4.78 is 0. The van der Waals surface area contributed by atoms with Crippen LogP contribution in [0.1, 0.15) is 59.3 Å². The van der Waals surface area contributed by atoms with Crippen molar-refractivity contribution in [1.29, 1.82) is 0 Å². The number of hydrogen-bond donors (Lipinski definition) is 2. The van der Waals surface area contributed by atoms with Crippen molar-refractivity contribution in [3.63, 3.8) is 0 Å². The number of aliphatic hydroxyl groups is 1. The molecule has 8 atom stereocenters. The van der Waals surface area contributed by atoms with Gasteiger partial charge < -0.3 is 10.2 Å². The Labute approximate surface area is 160 Å². The fourth-order valence-electron chi connectivity index (χ4n) is 7.26. The fourth-order valence-corrected chi connectivity index (χ4v) is 7.26. The Kier molecular flexibility index (Phi) is 4.19. The van der Waals surface area contributed by atoms with Gasteiger partial charge in [0.2, 0.25) is 0 Å². The van der Waals surface area contributed by atoms with Crippen LogP contribution in [0.5, 0.6) is 0 Å². The zero-order valence-electron chi connectivity index (χ0n) is 16.4. The van der Waals surface area contributed by atoms with Gasteiger partial charge >= 0.3 is 5.97 Å². The highest BCUT2D eigenvalue weighted by Gasteiger charge is 2.65. The number of aliphatic carboxylic acids is 1. The maximum Gasteiger partial charge on any atom is 0.306 e. The summed E-state index contributed by atoms with van der Waals surface area (Å²) >= 11 is 0. The number of fused-ring (bicyclic) bond motifs is 5. The Morgan fingerprint density at radius 3 is 2.56 bits per heavy atom. The van der Waals surface area contributed by atoms with Gasteiger partial charge in [-0.3, -0.25) is 14.4 Å². The lowest BCUT2D eigenvalue weighted by Crippen LogP contribution is -2.59. The number of carbonyl (C=O) groups is 3. The molecular weight excluding hydrogens is 344 g/mol. The number of hydrogen-bond acceptors (Lipinski definition) is 4. The van der Waals surface area contributed by atoms with E-state index in [-0.39, 0.29) is 40.7 Å². The van der Waals surface area contributed by atoms with E-state index in [9.17, 15) is 24.6 Å². The Morgan fingerprint density at radius 2 is 1.89 bits per heavy atom. The second kappa shape index (κ2) is 6.00. The predicted octanol–water partition coefficient (Wildman–Crippen LogP) is 3.01. The zero-order chi connectivity index (χ0) is 19.7. The monoisotopic (exact) mass is 374 g/mol. The lowest BCUT2D eigenvalue weighted by molar-refractivity contribution is -0.160. The van der Waals surface area contributed by atoms with Crippen LogP contribution in [-0.4, -0.2) is 33.9 Å². The van der Waals surface area contributed by atoms with E-state index in [0.29, 0.717) is 19.3 Å². The molecule has 2 N–H and O–H groups in total. The van der Waals surface area contributed by atoms with Gasteiger partial charge in [0.1, 0.15) is 5.78 Å². The molecular formula is C22H30O5. The Hall–Kier alpha value is -1.49. The lowest BCUT2D eigenvalue weighted by Gasteiger charge is -2.58. The molecule has 0 aromatic heterocycles. The summed E-state index contributed by atoms with van der Waals surface area (Å²) in [6.07, 6.45) is 4.83. The van der Waals surface area contributed by atoms with Crippen LogP contribution in [0.3, 0.4) is 0 Å². The molecule has 0 aliphatic heterocycles. The largest absolute Gasteiger partial charge is 0.481 e. The number of carboxylic acid groups (broad SMARTS) is 1. The second-order valence-corrected chi connectivity index (χ2v) is 9.84. The molecule has 0 radical (unpaired) electrons. The number of aliphatic hydroxyl groups excluding tert-OH is 1. The topological polar surface area (TPSA) is 91.7 Å². The maximum atomic E-state index is 13.4. The first kappa shape index (κ1) is 18.9. The predicted molar refractivity (Wildman–Crippen MR) is 98.8 cm³/mol. The Balaban J connectivity index is 1.74. The third kappa shape index (κ3) is 2.43. The number of carboxylic acids is 1. The first-order valence-electron chi connectivity index (χ1n) is 10.3. The van der Waals surface area contributed by atoms with Gasteiger partial charge in [0.05, 0.1) is 12.0 Å². The van der Waals surface area contributed by atoms with Gasteiger partial charge in [-0.1, -0.05) is 26.3 Å². The molecule has 148 valence electrons. The highest BCUT2D eigenvalue weighted by Crippen LogP contribution is 2.66. The molecule has 27 heavy (non-hydrogen) atoms. The third-order valence-corrected chi connectivity index (χ3v) is 8.91. The van der Waals surface area contributed by atoms with E-state index >= 15 is 0 Å². The van der Waals surface area contributed by atoms with Crippen LogP contribution in [0, 0.1) is 40.4 Å². The summed E-state index contributed by atoms with van der Waals surface area (Å²) in [6, 6.07) is 0. The van der Waals surface area contributed by atoms with Crippen molar-refractivity contribution in [2.24, 2.45) is 40.4 Å². The van der Waals surface area contributed by atoms with Gasteiger partial charge in [0.15, 0.2) is 5.78 Å². The van der Waals surface area contributed by atoms with Crippen LogP contribution in [0.15, 0.2) is 11.6 Å². The molecule has 0 aromatic rings. The molecule has 4 aliphatic rings. The van der Waals surface area contributed by atoms with Crippen molar-refractivity contribution < 1.29 is 24.6 Å². The molecule has 5 heteroatoms. The average Bonchev–Trinajstić information content (AvgIpc) is 2.95. The zero-order valence-corrected chi connectivity index (χ0v) is 16.4. The number of Topliss-reactive ketones (excluding diaryl/α,β-unsaturated/α-hetero) is 1. The molecule has 0 heterocycles. The molecule has 5 nitrogen and oxygen atoms in total. The van der Waals surface area contributed by atoms with E-state index in [1.807, 2.05) is 6.92 Å². The standard InChI is InChI=1S/C22H30O5/c1-11(20(26)27)14-4-5-15-19-16(10-18(25)22(14,15)3)21(2)7-6-13(23)8-12(21)9-17(19)24/h8,11,14-17,19,24H,4-7,9-10H2,1-3H3,(H,26,27). The molecule has 0 aromatic carbocycles. The van der Waals surface area contributed by atoms with E-state index in [1.54, 1.807) is 13.0 Å². The van der Waals surface area contributed by atoms with E-state index < -0.39 is 23.4 Å². The fraction of sp³-hybridized carbons (Fsp3) is 0.773. The van der Waals surface area contributed by atoms with Crippen LogP contribution in [0.4, 0.5) is 0 Å². The van der Waals surface area contributed by atoms with Gasteiger partial charge in [-0.15, -0.1) is 0 Å². The van der Waals surface area contributed by atoms with Crippen molar-refractivity contribution in [3.05, 3.63) is 11.6 Å². The quantitative estimate of drug-likeness (QED) is 0.775. The van der Waals surface area contributed by atoms with Crippen molar-refractivity contribution >= 4 is 17.5 Å². The molecule has 4 aliphatic carbocycles. The first-order valence-corrected chi connectivity index (χ1v) is 10.3. The Bertz CT molecular complexity index is 739. The molecule has 3 fully saturated rings. The van der Waals surface area contributed by atoms with Gasteiger partial charge in [0.25, 0.3) is 0 Å². The molecule has 0 amide bonds. The molecule has 8 unspecified atom stereocenters. The van der Waals surface area contributed by atoms with E-state index in [1.165, 1.54) is 0 Å². The average molecular weight is 374 g/mol. The summed E-state index contributed by atoms with van der Waals surface area (Å²) in [7, 11) is 0. The number of carbonyl (C=O) groups excluding carboxylic acids is 2. The van der Waals surface area contributed by atoms with Gasteiger partial charge in [0, 0.05) is 18.3 Å². The maximum absolute atomic E-state index is 13.4. The van der Waals surface area contributed by atoms with Crippen LogP contribution >= 0.6 is 0 Å². The highest BCUT2D eigenvalue weighted by molar-refractivity contribution is 5.92. The minimum absolute atomic E-state index is 0.00838. The number of rotatable bonds is 2. The van der Waals surface area contributed by atoms with Crippen molar-refractivity contribution in [1.82, 2.24) is 0 Å². The summed E-state index contributed by atoms with van der Waals surface area (Å²) in [5, 5.41) is 20.6. The van der Waals surface area contributed by atoms with Crippen molar-refractivity contribution in [2.75, 3.05) is 0 Å². The van der Waals surface area contributed by atoms with Crippen molar-refractivity contribution in [3.8, 4) is 0 Å². The number of ketones is 2. The Morgan fingerprint density at radius 1 is 1.19 bits per heavy atom. The molecule has 0 bridgehead atoms. The van der Waals surface area contributed by atoms with E-state index in [2.05, 4.69) is 6.92 Å². The summed E-state index contributed by atoms with van der Waals surface area (Å²) in [4.78, 5) is 37.0. The second-order valence-electron chi connectivity index (χ2n) is 9.84. The van der Waals surface area contributed by atoms with E-state index in [0.717, 1.165) is 24.8 Å². The van der Waals surface area contributed by atoms with Crippen LogP contribution in [-0.2, 0) is 14.4 Å². The van der Waals surface area contributed by atoms with Crippen molar-refractivity contribution in [2.45, 2.75) is 65.4 Å². The smallest absolute Gasteiger partial charge is 0.306 e. The SMILES string of the molecule is CC(C(=O)O)C1CCC2C3C(O)CC4=CC(=O)CCC4(C)C3CC(=O)C12C. The third-order valence-electron chi connectivity index (χ3n) is 8.91. The molecule has 4 rings (SSSR count). The van der Waals surface area contributed by atoms with Gasteiger partial charge in [-0.05, 0) is 60.8 Å². The molecule has 0 spiro atoms. The van der Waals surface area contributed by atoms with Crippen LogP contribution < -0.4 is 0 Å². The van der Waals surface area contributed by atoms with Gasteiger partial charge in [-0.2, -0.15) is 0 Å². The van der Waals surface area contributed by atoms with Gasteiger partial charge in [-0.25, -0.2) is 0 Å². The first-order chi connectivity index (χ1) is 12.6.